The molecule has 2 heterocycles. The molecule has 0 aliphatic carbocycles. The lowest BCUT2D eigenvalue weighted by molar-refractivity contribution is 0.166. The monoisotopic (exact) mass is 411 g/mol. The van der Waals surface area contributed by atoms with Crippen LogP contribution < -0.4 is 10.6 Å². The molecule has 0 amide bonds. The zero-order valence-electron chi connectivity index (χ0n) is 19.2. The molecule has 2 aromatic rings. The third-order valence-corrected chi connectivity index (χ3v) is 6.00. The SMILES string of the molecule is CCNC(=NCC1CCN(Cc2nc(C)c(C)o2)CC1)NC(C)c1ccccc1C. The maximum absolute atomic E-state index is 5.74. The van der Waals surface area contributed by atoms with Crippen molar-refractivity contribution in [3.63, 3.8) is 0 Å². The highest BCUT2D eigenvalue weighted by Crippen LogP contribution is 2.20. The molecule has 0 bridgehead atoms. The second-order valence-corrected chi connectivity index (χ2v) is 8.41. The van der Waals surface area contributed by atoms with Crippen molar-refractivity contribution >= 4 is 5.96 Å². The first-order valence-electron chi connectivity index (χ1n) is 11.2. The number of hydrogen-bond acceptors (Lipinski definition) is 4. The Morgan fingerprint density at radius 1 is 1.23 bits per heavy atom. The highest BCUT2D eigenvalue weighted by atomic mass is 16.4. The molecular weight excluding hydrogens is 374 g/mol. The van der Waals surface area contributed by atoms with E-state index in [1.807, 2.05) is 13.8 Å². The molecule has 0 saturated carbocycles. The van der Waals surface area contributed by atoms with Gasteiger partial charge in [-0.1, -0.05) is 24.3 Å². The predicted octanol–water partition coefficient (Wildman–Crippen LogP) is 4.13. The Balaban J connectivity index is 1.50. The van der Waals surface area contributed by atoms with Gasteiger partial charge in [0.15, 0.2) is 5.96 Å². The Morgan fingerprint density at radius 3 is 2.60 bits per heavy atom. The van der Waals surface area contributed by atoms with Crippen molar-refractivity contribution in [3.05, 3.63) is 52.7 Å². The summed E-state index contributed by atoms with van der Waals surface area (Å²) in [6.45, 7) is 15.1. The van der Waals surface area contributed by atoms with E-state index in [2.05, 4.69) is 65.6 Å². The van der Waals surface area contributed by atoms with Crippen LogP contribution in [0.5, 0.6) is 0 Å². The van der Waals surface area contributed by atoms with E-state index in [4.69, 9.17) is 9.41 Å². The summed E-state index contributed by atoms with van der Waals surface area (Å²) in [5.74, 6) is 3.29. The van der Waals surface area contributed by atoms with Gasteiger partial charge in [0.1, 0.15) is 5.76 Å². The standard InChI is InChI=1S/C24H37N5O/c1-6-25-24(28-19(4)22-10-8-7-9-17(22)2)26-15-21-11-13-29(14-12-21)16-23-27-18(3)20(5)30-23/h7-10,19,21H,6,11-16H2,1-5H3,(H2,25,26,28). The molecule has 6 heteroatoms. The third kappa shape index (κ3) is 6.08. The van der Waals surface area contributed by atoms with E-state index < -0.39 is 0 Å². The van der Waals surface area contributed by atoms with Crippen LogP contribution in [0.4, 0.5) is 0 Å². The van der Waals surface area contributed by atoms with E-state index in [1.165, 1.54) is 11.1 Å². The molecule has 30 heavy (non-hydrogen) atoms. The van der Waals surface area contributed by atoms with E-state index in [0.717, 1.165) is 68.9 Å². The zero-order valence-corrected chi connectivity index (χ0v) is 19.2. The molecule has 3 rings (SSSR count). The van der Waals surface area contributed by atoms with E-state index in [-0.39, 0.29) is 6.04 Å². The fourth-order valence-corrected chi connectivity index (χ4v) is 4.02. The highest BCUT2D eigenvalue weighted by Gasteiger charge is 2.21. The van der Waals surface area contributed by atoms with Crippen LogP contribution in [0.25, 0.3) is 0 Å². The average Bonchev–Trinajstić information content (AvgIpc) is 3.04. The first-order valence-corrected chi connectivity index (χ1v) is 11.2. The highest BCUT2D eigenvalue weighted by molar-refractivity contribution is 5.80. The van der Waals surface area contributed by atoms with Crippen LogP contribution in [0, 0.1) is 26.7 Å². The molecule has 0 radical (unpaired) electrons. The summed E-state index contributed by atoms with van der Waals surface area (Å²) in [5, 5.41) is 6.97. The van der Waals surface area contributed by atoms with Gasteiger partial charge in [-0.15, -0.1) is 0 Å². The fraction of sp³-hybridized carbons (Fsp3) is 0.583. The van der Waals surface area contributed by atoms with Crippen LogP contribution in [-0.4, -0.2) is 42.0 Å². The number of benzene rings is 1. The van der Waals surface area contributed by atoms with Gasteiger partial charge in [-0.2, -0.15) is 0 Å². The Hall–Kier alpha value is -2.34. The number of likely N-dealkylation sites (tertiary alicyclic amines) is 1. The molecule has 1 atom stereocenters. The lowest BCUT2D eigenvalue weighted by Crippen LogP contribution is -2.40. The van der Waals surface area contributed by atoms with Crippen LogP contribution in [0.2, 0.25) is 0 Å². The van der Waals surface area contributed by atoms with Crippen molar-refractivity contribution in [3.8, 4) is 0 Å². The molecular formula is C24H37N5O. The van der Waals surface area contributed by atoms with Crippen molar-refractivity contribution in [2.45, 2.75) is 60.0 Å². The molecule has 1 aliphatic heterocycles. The molecule has 164 valence electrons. The maximum Gasteiger partial charge on any atom is 0.208 e. The lowest BCUT2D eigenvalue weighted by Gasteiger charge is -2.30. The molecule has 0 spiro atoms. The number of hydrogen-bond donors (Lipinski definition) is 2. The number of aliphatic imine (C=N–C) groups is 1. The summed E-state index contributed by atoms with van der Waals surface area (Å²) in [5.41, 5.74) is 3.61. The van der Waals surface area contributed by atoms with Crippen LogP contribution >= 0.6 is 0 Å². The van der Waals surface area contributed by atoms with Crippen molar-refractivity contribution in [1.82, 2.24) is 20.5 Å². The van der Waals surface area contributed by atoms with Gasteiger partial charge in [0, 0.05) is 13.1 Å². The minimum atomic E-state index is 0.221. The molecule has 2 N–H and O–H groups in total. The minimum Gasteiger partial charge on any atom is -0.444 e. The summed E-state index contributed by atoms with van der Waals surface area (Å²) in [6.07, 6.45) is 2.32. The summed E-state index contributed by atoms with van der Waals surface area (Å²) in [6, 6.07) is 8.74. The van der Waals surface area contributed by atoms with Crippen molar-refractivity contribution in [2.24, 2.45) is 10.9 Å². The molecule has 1 saturated heterocycles. The van der Waals surface area contributed by atoms with E-state index in [1.54, 1.807) is 0 Å². The lowest BCUT2D eigenvalue weighted by atomic mass is 9.97. The van der Waals surface area contributed by atoms with Crippen LogP contribution in [-0.2, 0) is 6.54 Å². The van der Waals surface area contributed by atoms with Gasteiger partial charge < -0.3 is 15.1 Å². The number of nitrogens with one attached hydrogen (secondary N) is 2. The Kier molecular flexibility index (Phi) is 7.91. The Bertz CT molecular complexity index is 816. The number of nitrogens with zero attached hydrogens (tertiary/aromatic N) is 3. The molecule has 1 aromatic heterocycles. The number of piperidine rings is 1. The van der Waals surface area contributed by atoms with Gasteiger partial charge in [-0.05, 0) is 77.6 Å². The van der Waals surface area contributed by atoms with E-state index >= 15 is 0 Å². The molecule has 1 aliphatic rings. The number of guanidine groups is 1. The smallest absolute Gasteiger partial charge is 0.208 e. The third-order valence-electron chi connectivity index (χ3n) is 6.00. The van der Waals surface area contributed by atoms with Gasteiger partial charge in [0.2, 0.25) is 5.89 Å². The van der Waals surface area contributed by atoms with Crippen LogP contribution in [0.1, 0.15) is 61.2 Å². The topological polar surface area (TPSA) is 65.7 Å². The second kappa shape index (κ2) is 10.6. The summed E-state index contributed by atoms with van der Waals surface area (Å²) >= 11 is 0. The van der Waals surface area contributed by atoms with Gasteiger partial charge in [-0.3, -0.25) is 9.89 Å². The van der Waals surface area contributed by atoms with Crippen molar-refractivity contribution in [2.75, 3.05) is 26.2 Å². The second-order valence-electron chi connectivity index (χ2n) is 8.41. The molecule has 1 fully saturated rings. The predicted molar refractivity (Wildman–Crippen MR) is 123 cm³/mol. The first-order chi connectivity index (χ1) is 14.5. The van der Waals surface area contributed by atoms with Crippen molar-refractivity contribution < 1.29 is 4.42 Å². The molecule has 1 aromatic carbocycles. The van der Waals surface area contributed by atoms with Gasteiger partial charge in [0.25, 0.3) is 0 Å². The summed E-state index contributed by atoms with van der Waals surface area (Å²) in [4.78, 5) is 11.9. The first kappa shape index (κ1) is 22.3. The van der Waals surface area contributed by atoms with Crippen LogP contribution in [0.3, 0.4) is 0 Å². The summed E-state index contributed by atoms with van der Waals surface area (Å²) in [7, 11) is 0. The molecule has 1 unspecified atom stereocenters. The zero-order chi connectivity index (χ0) is 21.5. The minimum absolute atomic E-state index is 0.221. The van der Waals surface area contributed by atoms with Crippen LogP contribution in [0.15, 0.2) is 33.7 Å². The van der Waals surface area contributed by atoms with Gasteiger partial charge in [0.05, 0.1) is 18.3 Å². The largest absolute Gasteiger partial charge is 0.444 e. The normalized spacial score (nSPS) is 17.2. The Labute approximate surface area is 181 Å². The Morgan fingerprint density at radius 2 is 1.97 bits per heavy atom. The fourth-order valence-electron chi connectivity index (χ4n) is 4.02. The number of oxazole rings is 1. The van der Waals surface area contributed by atoms with Gasteiger partial charge in [-0.25, -0.2) is 4.98 Å². The van der Waals surface area contributed by atoms with E-state index in [0.29, 0.717) is 5.92 Å². The number of rotatable bonds is 7. The van der Waals surface area contributed by atoms with Gasteiger partial charge >= 0.3 is 0 Å². The molecule has 6 nitrogen and oxygen atoms in total. The average molecular weight is 412 g/mol. The summed E-state index contributed by atoms with van der Waals surface area (Å²) < 4.78 is 5.74. The quantitative estimate of drug-likeness (QED) is 0.530. The number of aromatic nitrogens is 1. The van der Waals surface area contributed by atoms with Crippen molar-refractivity contribution in [1.29, 1.82) is 0 Å². The maximum atomic E-state index is 5.74. The number of aryl methyl sites for hydroxylation is 3. The van der Waals surface area contributed by atoms with E-state index in [9.17, 15) is 0 Å².